The normalized spacial score (nSPS) is 16.6. The summed E-state index contributed by atoms with van der Waals surface area (Å²) >= 11 is 0. The lowest BCUT2D eigenvalue weighted by atomic mass is 9.99. The largest absolute Gasteiger partial charge is 0.497 e. The van der Waals surface area contributed by atoms with Crippen LogP contribution in [0.5, 0.6) is 5.75 Å². The monoisotopic (exact) mass is 419 g/mol. The molecule has 0 aliphatic carbocycles. The van der Waals surface area contributed by atoms with Gasteiger partial charge in [-0.1, -0.05) is 50.2 Å². The van der Waals surface area contributed by atoms with Crippen molar-refractivity contribution in [3.8, 4) is 5.75 Å². The van der Waals surface area contributed by atoms with E-state index in [0.717, 1.165) is 22.6 Å². The third kappa shape index (κ3) is 4.49. The Labute approximate surface area is 183 Å². The highest BCUT2D eigenvalue weighted by Crippen LogP contribution is 2.29. The van der Waals surface area contributed by atoms with E-state index in [1.807, 2.05) is 35.8 Å². The number of aromatic nitrogens is 2. The molecule has 0 unspecified atom stereocenters. The summed E-state index contributed by atoms with van der Waals surface area (Å²) in [6.07, 6.45) is 1.65. The van der Waals surface area contributed by atoms with Crippen molar-refractivity contribution >= 4 is 5.91 Å². The molecule has 1 aliphatic heterocycles. The molecular weight excluding hydrogens is 390 g/mol. The Bertz CT molecular complexity index is 1040. The van der Waals surface area contributed by atoms with E-state index < -0.39 is 0 Å². The fraction of sp³-hybridized carbons (Fsp3) is 0.360. The average Bonchev–Trinajstić information content (AvgIpc) is 3.22. The van der Waals surface area contributed by atoms with Crippen LogP contribution in [0.15, 0.2) is 54.9 Å². The smallest absolute Gasteiger partial charge is 0.272 e. The number of methoxy groups -OCH3 is 1. The third-order valence-electron chi connectivity index (χ3n) is 5.88. The van der Waals surface area contributed by atoms with Gasteiger partial charge in [-0.05, 0) is 41.7 Å². The van der Waals surface area contributed by atoms with Crippen LogP contribution in [0.3, 0.4) is 0 Å². The molecule has 1 aromatic heterocycles. The lowest BCUT2D eigenvalue weighted by Gasteiger charge is -2.26. The van der Waals surface area contributed by atoms with Gasteiger partial charge in [-0.15, -0.1) is 0 Å². The van der Waals surface area contributed by atoms with Crippen LogP contribution in [0.4, 0.5) is 0 Å². The summed E-state index contributed by atoms with van der Waals surface area (Å²) in [4.78, 5) is 17.3. The lowest BCUT2D eigenvalue weighted by Crippen LogP contribution is -2.29. The number of ether oxygens (including phenoxy) is 2. The Morgan fingerprint density at radius 1 is 1.10 bits per heavy atom. The third-order valence-corrected chi connectivity index (χ3v) is 5.88. The molecule has 0 saturated carbocycles. The van der Waals surface area contributed by atoms with E-state index in [1.165, 1.54) is 5.56 Å². The minimum atomic E-state index is -0.180. The number of carbonyl (C=O) groups excluding carboxylic acids is 1. The zero-order chi connectivity index (χ0) is 22.0. The predicted molar refractivity (Wildman–Crippen MR) is 119 cm³/mol. The summed E-state index contributed by atoms with van der Waals surface area (Å²) in [6.45, 7) is 7.29. The van der Waals surface area contributed by atoms with Crippen molar-refractivity contribution in [3.05, 3.63) is 82.9 Å². The first-order chi connectivity index (χ1) is 15.0. The van der Waals surface area contributed by atoms with Crippen molar-refractivity contribution in [2.45, 2.75) is 52.0 Å². The van der Waals surface area contributed by atoms with Crippen LogP contribution < -0.4 is 10.1 Å². The molecule has 2 heterocycles. The molecule has 6 nitrogen and oxygen atoms in total. The maximum atomic E-state index is 12.9. The zero-order valence-corrected chi connectivity index (χ0v) is 18.5. The van der Waals surface area contributed by atoms with Crippen molar-refractivity contribution in [3.63, 3.8) is 0 Å². The van der Waals surface area contributed by atoms with E-state index in [4.69, 9.17) is 9.47 Å². The highest BCUT2D eigenvalue weighted by atomic mass is 16.5. The minimum absolute atomic E-state index is 0.0816. The predicted octanol–water partition coefficient (Wildman–Crippen LogP) is 4.78. The van der Waals surface area contributed by atoms with Crippen LogP contribution in [0.25, 0.3) is 0 Å². The van der Waals surface area contributed by atoms with E-state index in [2.05, 4.69) is 48.4 Å². The lowest BCUT2D eigenvalue weighted by molar-refractivity contribution is 0.00254. The molecular formula is C25H29N3O3. The SMILES string of the molecule is COc1ccc([C@@H]2Cn3cnc(C(=O)N[C@@H](C)c4ccc(C(C)C)cc4)c3CO2)cc1. The molecule has 6 heteroatoms. The summed E-state index contributed by atoms with van der Waals surface area (Å²) in [5.74, 6) is 1.12. The molecule has 0 saturated heterocycles. The van der Waals surface area contributed by atoms with Gasteiger partial charge in [-0.25, -0.2) is 4.98 Å². The van der Waals surface area contributed by atoms with E-state index in [1.54, 1.807) is 13.4 Å². The van der Waals surface area contributed by atoms with Gasteiger partial charge in [0.15, 0.2) is 5.69 Å². The number of rotatable bonds is 6. The Morgan fingerprint density at radius 2 is 1.77 bits per heavy atom. The number of nitrogens with zero attached hydrogens (tertiary/aromatic N) is 2. The second-order valence-corrected chi connectivity index (χ2v) is 8.28. The first kappa shape index (κ1) is 21.1. The fourth-order valence-electron chi connectivity index (χ4n) is 3.85. The molecule has 162 valence electrons. The quantitative estimate of drug-likeness (QED) is 0.625. The fourth-order valence-corrected chi connectivity index (χ4v) is 3.85. The van der Waals surface area contributed by atoms with Crippen molar-refractivity contribution < 1.29 is 14.3 Å². The number of hydrogen-bond donors (Lipinski definition) is 1. The number of fused-ring (bicyclic) bond motifs is 1. The molecule has 4 rings (SSSR count). The van der Waals surface area contributed by atoms with Gasteiger partial charge in [0.2, 0.25) is 0 Å². The molecule has 2 atom stereocenters. The van der Waals surface area contributed by atoms with Crippen LogP contribution >= 0.6 is 0 Å². The van der Waals surface area contributed by atoms with Crippen LogP contribution in [-0.2, 0) is 17.9 Å². The van der Waals surface area contributed by atoms with E-state index in [0.29, 0.717) is 24.8 Å². The maximum absolute atomic E-state index is 12.9. The molecule has 0 spiro atoms. The molecule has 1 aliphatic rings. The summed E-state index contributed by atoms with van der Waals surface area (Å²) in [5.41, 5.74) is 4.67. The summed E-state index contributed by atoms with van der Waals surface area (Å²) in [6, 6.07) is 16.1. The van der Waals surface area contributed by atoms with E-state index in [9.17, 15) is 4.79 Å². The average molecular weight is 420 g/mol. The molecule has 0 radical (unpaired) electrons. The number of hydrogen-bond acceptors (Lipinski definition) is 4. The van der Waals surface area contributed by atoms with Crippen LogP contribution in [0.2, 0.25) is 0 Å². The number of carbonyl (C=O) groups is 1. The second kappa shape index (κ2) is 8.94. The highest BCUT2D eigenvalue weighted by molar-refractivity contribution is 5.93. The first-order valence-electron chi connectivity index (χ1n) is 10.7. The van der Waals surface area contributed by atoms with Crippen molar-refractivity contribution in [1.82, 2.24) is 14.9 Å². The Hall–Kier alpha value is -3.12. The van der Waals surface area contributed by atoms with Crippen molar-refractivity contribution in [1.29, 1.82) is 0 Å². The molecule has 31 heavy (non-hydrogen) atoms. The number of amides is 1. The van der Waals surface area contributed by atoms with Crippen molar-refractivity contribution in [2.75, 3.05) is 7.11 Å². The van der Waals surface area contributed by atoms with Crippen LogP contribution in [0, 0.1) is 0 Å². The Morgan fingerprint density at radius 3 is 2.42 bits per heavy atom. The number of nitrogens with one attached hydrogen (secondary N) is 1. The van der Waals surface area contributed by atoms with Gasteiger partial charge >= 0.3 is 0 Å². The molecule has 1 amide bonds. The summed E-state index contributed by atoms with van der Waals surface area (Å²) < 4.78 is 13.3. The molecule has 0 fully saturated rings. The maximum Gasteiger partial charge on any atom is 0.272 e. The molecule has 1 N–H and O–H groups in total. The first-order valence-corrected chi connectivity index (χ1v) is 10.7. The van der Waals surface area contributed by atoms with Gasteiger partial charge in [-0.2, -0.15) is 0 Å². The van der Waals surface area contributed by atoms with Crippen LogP contribution in [0.1, 0.15) is 71.7 Å². The Balaban J connectivity index is 1.43. The number of benzene rings is 2. The van der Waals surface area contributed by atoms with Gasteiger partial charge in [0.05, 0.1) is 38.3 Å². The van der Waals surface area contributed by atoms with E-state index >= 15 is 0 Å². The van der Waals surface area contributed by atoms with Crippen molar-refractivity contribution in [2.24, 2.45) is 0 Å². The van der Waals surface area contributed by atoms with Gasteiger partial charge in [0, 0.05) is 0 Å². The van der Waals surface area contributed by atoms with Gasteiger partial charge in [-0.3, -0.25) is 4.79 Å². The minimum Gasteiger partial charge on any atom is -0.497 e. The topological polar surface area (TPSA) is 65.4 Å². The van der Waals surface area contributed by atoms with Gasteiger partial charge in [0.1, 0.15) is 11.9 Å². The van der Waals surface area contributed by atoms with Crippen LogP contribution in [-0.4, -0.2) is 22.6 Å². The molecule has 3 aromatic rings. The molecule has 2 aromatic carbocycles. The highest BCUT2D eigenvalue weighted by Gasteiger charge is 2.27. The van der Waals surface area contributed by atoms with Gasteiger partial charge in [0.25, 0.3) is 5.91 Å². The summed E-state index contributed by atoms with van der Waals surface area (Å²) in [7, 11) is 1.65. The standard InChI is InChI=1S/C25H29N3O3/c1-16(2)18-5-7-19(8-6-18)17(3)27-25(29)24-22-14-31-23(13-28(22)15-26-24)20-9-11-21(30-4)12-10-20/h5-12,15-17,23H,13-14H2,1-4H3,(H,27,29)/t17-,23-/m0/s1. The summed E-state index contributed by atoms with van der Waals surface area (Å²) in [5, 5.41) is 3.07. The van der Waals surface area contributed by atoms with E-state index in [-0.39, 0.29) is 18.1 Å². The second-order valence-electron chi connectivity index (χ2n) is 8.28. The Kier molecular flexibility index (Phi) is 6.09. The van der Waals surface area contributed by atoms with Gasteiger partial charge < -0.3 is 19.4 Å². The number of imidazole rings is 1. The zero-order valence-electron chi connectivity index (χ0n) is 18.5. The molecule has 0 bridgehead atoms.